The molecule has 0 spiro atoms. The van der Waals surface area contributed by atoms with Gasteiger partial charge in [-0.3, -0.25) is 4.79 Å². The molecule has 3 rings (SSSR count). The molecule has 1 saturated heterocycles. The van der Waals surface area contributed by atoms with Crippen LogP contribution in [-0.2, 0) is 4.74 Å². The Balaban J connectivity index is 1.60. The largest absolute Gasteiger partial charge is 0.477 e. The van der Waals surface area contributed by atoms with Crippen molar-refractivity contribution in [1.29, 1.82) is 0 Å². The molecular formula is C17H17NO4S. The van der Waals surface area contributed by atoms with E-state index in [4.69, 9.17) is 9.84 Å². The third-order valence-corrected chi connectivity index (χ3v) is 4.98. The zero-order valence-corrected chi connectivity index (χ0v) is 13.2. The van der Waals surface area contributed by atoms with Crippen LogP contribution in [0.3, 0.4) is 0 Å². The van der Waals surface area contributed by atoms with Gasteiger partial charge in [0.25, 0.3) is 5.91 Å². The van der Waals surface area contributed by atoms with Gasteiger partial charge in [-0.2, -0.15) is 0 Å². The van der Waals surface area contributed by atoms with Crippen LogP contribution in [-0.4, -0.2) is 30.1 Å². The lowest BCUT2D eigenvalue weighted by Gasteiger charge is -2.19. The summed E-state index contributed by atoms with van der Waals surface area (Å²) in [5, 5.41) is 11.8. The summed E-state index contributed by atoms with van der Waals surface area (Å²) in [4.78, 5) is 23.6. The van der Waals surface area contributed by atoms with E-state index in [2.05, 4.69) is 5.32 Å². The minimum absolute atomic E-state index is 0.00517. The molecule has 1 aliphatic heterocycles. The predicted octanol–water partition coefficient (Wildman–Crippen LogP) is 2.95. The summed E-state index contributed by atoms with van der Waals surface area (Å²) in [6, 6.07) is 13.0. The molecule has 2 aromatic rings. The van der Waals surface area contributed by atoms with E-state index in [1.54, 1.807) is 6.07 Å². The van der Waals surface area contributed by atoms with Gasteiger partial charge in [-0.15, -0.1) is 11.3 Å². The van der Waals surface area contributed by atoms with Gasteiger partial charge in [0.15, 0.2) is 0 Å². The topological polar surface area (TPSA) is 75.6 Å². The number of carboxylic acids is 1. The minimum atomic E-state index is -1.01. The number of carbonyl (C=O) groups is 2. The number of carboxylic acid groups (broad SMARTS) is 1. The zero-order chi connectivity index (χ0) is 16.2. The molecule has 1 aromatic carbocycles. The summed E-state index contributed by atoms with van der Waals surface area (Å²) in [5.74, 6) is -1.02. The predicted molar refractivity (Wildman–Crippen MR) is 86.9 cm³/mol. The Hall–Kier alpha value is -2.18. The quantitative estimate of drug-likeness (QED) is 0.883. The summed E-state index contributed by atoms with van der Waals surface area (Å²) in [5.41, 5.74) is 1.12. The summed E-state index contributed by atoms with van der Waals surface area (Å²) < 4.78 is 5.80. The Morgan fingerprint density at radius 1 is 1.17 bits per heavy atom. The molecule has 0 radical (unpaired) electrons. The minimum Gasteiger partial charge on any atom is -0.477 e. The molecular weight excluding hydrogens is 314 g/mol. The molecule has 6 heteroatoms. The third-order valence-electron chi connectivity index (χ3n) is 3.91. The van der Waals surface area contributed by atoms with Crippen LogP contribution in [0.2, 0.25) is 0 Å². The number of aromatic carboxylic acids is 1. The number of amides is 1. The monoisotopic (exact) mass is 331 g/mol. The van der Waals surface area contributed by atoms with Gasteiger partial charge in [-0.1, -0.05) is 30.3 Å². The molecule has 1 aromatic heterocycles. The van der Waals surface area contributed by atoms with E-state index in [0.717, 1.165) is 23.3 Å². The molecule has 2 N–H and O–H groups in total. The van der Waals surface area contributed by atoms with E-state index < -0.39 is 5.97 Å². The lowest BCUT2D eigenvalue weighted by molar-refractivity contribution is 0.0702. The summed E-state index contributed by atoms with van der Waals surface area (Å²) in [7, 11) is 0. The average Bonchev–Trinajstić information content (AvgIpc) is 3.22. The summed E-state index contributed by atoms with van der Waals surface area (Å²) in [6.45, 7) is 1.20. The molecule has 0 unspecified atom stereocenters. The van der Waals surface area contributed by atoms with Crippen molar-refractivity contribution in [2.75, 3.05) is 13.2 Å². The number of hydrogen-bond donors (Lipinski definition) is 2. The Morgan fingerprint density at radius 3 is 2.61 bits per heavy atom. The van der Waals surface area contributed by atoms with E-state index >= 15 is 0 Å². The standard InChI is InChI=1S/C17H17NO4S/c19-16(13-6-7-14(23-13)17(20)21)18-10-12-8-9-22-15(12)11-4-2-1-3-5-11/h1-7,12,15H,8-10H2,(H,18,19)(H,20,21)/t12-,15-/m0/s1. The van der Waals surface area contributed by atoms with Gasteiger partial charge in [0.2, 0.25) is 0 Å². The van der Waals surface area contributed by atoms with Crippen LogP contribution in [0.25, 0.3) is 0 Å². The van der Waals surface area contributed by atoms with Crippen molar-refractivity contribution in [3.05, 3.63) is 57.8 Å². The fourth-order valence-corrected chi connectivity index (χ4v) is 3.50. The van der Waals surface area contributed by atoms with Crippen molar-refractivity contribution in [3.63, 3.8) is 0 Å². The van der Waals surface area contributed by atoms with Gasteiger partial charge >= 0.3 is 5.97 Å². The molecule has 2 heterocycles. The first-order valence-electron chi connectivity index (χ1n) is 7.43. The smallest absolute Gasteiger partial charge is 0.345 e. The number of nitrogens with one attached hydrogen (secondary N) is 1. The Kier molecular flexibility index (Phi) is 4.73. The maximum Gasteiger partial charge on any atom is 0.345 e. The molecule has 0 saturated carbocycles. The van der Waals surface area contributed by atoms with Crippen LogP contribution in [0.5, 0.6) is 0 Å². The van der Waals surface area contributed by atoms with Crippen molar-refractivity contribution in [1.82, 2.24) is 5.32 Å². The number of ether oxygens (including phenoxy) is 1. The highest BCUT2D eigenvalue weighted by Gasteiger charge is 2.29. The highest BCUT2D eigenvalue weighted by Crippen LogP contribution is 2.34. The van der Waals surface area contributed by atoms with Crippen LogP contribution in [0.1, 0.15) is 37.4 Å². The van der Waals surface area contributed by atoms with Crippen molar-refractivity contribution >= 4 is 23.2 Å². The lowest BCUT2D eigenvalue weighted by atomic mass is 9.95. The molecule has 2 atom stereocenters. The fourth-order valence-electron chi connectivity index (χ4n) is 2.74. The second-order valence-corrected chi connectivity index (χ2v) is 6.51. The highest BCUT2D eigenvalue weighted by atomic mass is 32.1. The maximum absolute atomic E-state index is 12.1. The van der Waals surface area contributed by atoms with Crippen LogP contribution in [0.15, 0.2) is 42.5 Å². The van der Waals surface area contributed by atoms with Gasteiger partial charge < -0.3 is 15.2 Å². The van der Waals surface area contributed by atoms with E-state index in [1.165, 1.54) is 6.07 Å². The number of hydrogen-bond acceptors (Lipinski definition) is 4. The molecule has 0 aliphatic carbocycles. The Bertz CT molecular complexity index is 698. The first-order valence-corrected chi connectivity index (χ1v) is 8.24. The summed E-state index contributed by atoms with van der Waals surface area (Å²) >= 11 is 0.986. The van der Waals surface area contributed by atoms with Crippen molar-refractivity contribution < 1.29 is 19.4 Å². The van der Waals surface area contributed by atoms with Crippen molar-refractivity contribution in [3.8, 4) is 0 Å². The van der Waals surface area contributed by atoms with Crippen LogP contribution >= 0.6 is 11.3 Å². The molecule has 0 bridgehead atoms. The lowest BCUT2D eigenvalue weighted by Crippen LogP contribution is -2.30. The SMILES string of the molecule is O=C(O)c1ccc(C(=O)NC[C@@H]2CCO[C@H]2c2ccccc2)s1. The molecule has 1 fully saturated rings. The maximum atomic E-state index is 12.1. The Labute approximate surface area is 137 Å². The van der Waals surface area contributed by atoms with Gasteiger partial charge in [0, 0.05) is 19.1 Å². The number of benzene rings is 1. The van der Waals surface area contributed by atoms with Crippen LogP contribution in [0, 0.1) is 5.92 Å². The van der Waals surface area contributed by atoms with Crippen LogP contribution in [0.4, 0.5) is 0 Å². The number of carbonyl (C=O) groups excluding carboxylic acids is 1. The second kappa shape index (κ2) is 6.93. The average molecular weight is 331 g/mol. The highest BCUT2D eigenvalue weighted by molar-refractivity contribution is 7.15. The molecule has 1 amide bonds. The molecule has 23 heavy (non-hydrogen) atoms. The van der Waals surface area contributed by atoms with E-state index in [9.17, 15) is 9.59 Å². The normalized spacial score (nSPS) is 20.3. The van der Waals surface area contributed by atoms with Gasteiger partial charge in [-0.05, 0) is 24.1 Å². The number of thiophene rings is 1. The van der Waals surface area contributed by atoms with E-state index in [0.29, 0.717) is 18.0 Å². The van der Waals surface area contributed by atoms with Crippen LogP contribution < -0.4 is 5.32 Å². The van der Waals surface area contributed by atoms with Gasteiger partial charge in [0.05, 0.1) is 11.0 Å². The van der Waals surface area contributed by atoms with Crippen molar-refractivity contribution in [2.45, 2.75) is 12.5 Å². The summed E-state index contributed by atoms with van der Waals surface area (Å²) in [6.07, 6.45) is 0.888. The van der Waals surface area contributed by atoms with E-state index in [-0.39, 0.29) is 22.8 Å². The Morgan fingerprint density at radius 2 is 1.91 bits per heavy atom. The second-order valence-electron chi connectivity index (χ2n) is 5.43. The first-order chi connectivity index (χ1) is 11.1. The number of rotatable bonds is 5. The molecule has 1 aliphatic rings. The van der Waals surface area contributed by atoms with Gasteiger partial charge in [-0.25, -0.2) is 4.79 Å². The zero-order valence-electron chi connectivity index (χ0n) is 12.4. The van der Waals surface area contributed by atoms with Gasteiger partial charge in [0.1, 0.15) is 4.88 Å². The fraction of sp³-hybridized carbons (Fsp3) is 0.294. The molecule has 5 nitrogen and oxygen atoms in total. The molecule has 120 valence electrons. The van der Waals surface area contributed by atoms with E-state index in [1.807, 2.05) is 30.3 Å². The van der Waals surface area contributed by atoms with Crippen molar-refractivity contribution in [2.24, 2.45) is 5.92 Å². The first kappa shape index (κ1) is 15.7. The third kappa shape index (κ3) is 3.60.